The molecule has 0 spiro atoms. The average Bonchev–Trinajstić information content (AvgIpc) is 2.31. The van der Waals surface area contributed by atoms with Crippen molar-refractivity contribution in [3.8, 4) is 0 Å². The lowest BCUT2D eigenvalue weighted by molar-refractivity contribution is 0.433. The Kier molecular flexibility index (Phi) is 12.5. The Morgan fingerprint density at radius 1 is 1.00 bits per heavy atom. The molecule has 1 atom stereocenters. The van der Waals surface area contributed by atoms with Crippen LogP contribution in [0.3, 0.4) is 0 Å². The molecule has 0 heterocycles. The molecule has 1 nitrogen and oxygen atoms in total. The van der Waals surface area contributed by atoms with E-state index in [1.165, 1.54) is 51.4 Å². The molecule has 1 unspecified atom stereocenters. The summed E-state index contributed by atoms with van der Waals surface area (Å²) in [5.41, 5.74) is 0. The molecule has 0 fully saturated rings. The van der Waals surface area contributed by atoms with Crippen LogP contribution in [-0.4, -0.2) is 12.6 Å². The van der Waals surface area contributed by atoms with E-state index < -0.39 is 0 Å². The molecule has 0 rings (SSSR count). The van der Waals surface area contributed by atoms with Crippen LogP contribution in [0.4, 0.5) is 0 Å². The van der Waals surface area contributed by atoms with Crippen molar-refractivity contribution in [2.45, 2.75) is 77.7 Å². The van der Waals surface area contributed by atoms with E-state index >= 15 is 0 Å². The predicted molar refractivity (Wildman–Crippen MR) is 74.9 cm³/mol. The lowest BCUT2D eigenvalue weighted by Gasteiger charge is -2.17. The molecule has 96 valence electrons. The Labute approximate surface area is 103 Å². The van der Waals surface area contributed by atoms with E-state index in [1.807, 2.05) is 6.08 Å². The molecule has 1 N–H and O–H groups in total. The molecular weight excluding hydrogens is 194 g/mol. The van der Waals surface area contributed by atoms with Gasteiger partial charge in [-0.25, -0.2) is 0 Å². The van der Waals surface area contributed by atoms with Crippen LogP contribution in [0.2, 0.25) is 0 Å². The van der Waals surface area contributed by atoms with E-state index in [2.05, 4.69) is 25.7 Å². The van der Waals surface area contributed by atoms with Crippen LogP contribution in [-0.2, 0) is 0 Å². The predicted octanol–water partition coefficient (Wildman–Crippen LogP) is 4.68. The Bertz CT molecular complexity index is 142. The Balaban J connectivity index is 3.51. The SMILES string of the molecule is C=CCCC(CCCCCCC)NCCC. The van der Waals surface area contributed by atoms with Gasteiger partial charge in [-0.1, -0.05) is 52.0 Å². The highest BCUT2D eigenvalue weighted by atomic mass is 14.9. The van der Waals surface area contributed by atoms with Crippen LogP contribution in [0.15, 0.2) is 12.7 Å². The fraction of sp³-hybridized carbons (Fsp3) is 0.867. The van der Waals surface area contributed by atoms with Crippen LogP contribution in [0.1, 0.15) is 71.6 Å². The lowest BCUT2D eigenvalue weighted by atomic mass is 10.0. The van der Waals surface area contributed by atoms with E-state index in [0.29, 0.717) is 0 Å². The molecule has 0 saturated carbocycles. The Hall–Kier alpha value is -0.300. The van der Waals surface area contributed by atoms with Crippen molar-refractivity contribution in [1.82, 2.24) is 5.32 Å². The second-order valence-electron chi connectivity index (χ2n) is 4.72. The first-order valence-corrected chi connectivity index (χ1v) is 7.19. The summed E-state index contributed by atoms with van der Waals surface area (Å²) < 4.78 is 0. The maximum atomic E-state index is 3.81. The third kappa shape index (κ3) is 10.2. The molecule has 0 bridgehead atoms. The summed E-state index contributed by atoms with van der Waals surface area (Å²) in [6, 6.07) is 0.722. The van der Waals surface area contributed by atoms with Crippen LogP contribution >= 0.6 is 0 Å². The van der Waals surface area contributed by atoms with Crippen molar-refractivity contribution in [1.29, 1.82) is 0 Å². The Morgan fingerprint density at radius 3 is 2.38 bits per heavy atom. The second kappa shape index (κ2) is 12.8. The van der Waals surface area contributed by atoms with Gasteiger partial charge in [0.2, 0.25) is 0 Å². The maximum Gasteiger partial charge on any atom is 0.00700 e. The largest absolute Gasteiger partial charge is 0.314 e. The van der Waals surface area contributed by atoms with Crippen LogP contribution in [0.25, 0.3) is 0 Å². The fourth-order valence-electron chi connectivity index (χ4n) is 2.01. The van der Waals surface area contributed by atoms with E-state index in [0.717, 1.165) is 19.0 Å². The van der Waals surface area contributed by atoms with Crippen molar-refractivity contribution < 1.29 is 0 Å². The molecule has 0 aliphatic rings. The van der Waals surface area contributed by atoms with E-state index in [-0.39, 0.29) is 0 Å². The van der Waals surface area contributed by atoms with Gasteiger partial charge in [0.1, 0.15) is 0 Å². The summed E-state index contributed by atoms with van der Waals surface area (Å²) >= 11 is 0. The molecule has 0 radical (unpaired) electrons. The maximum absolute atomic E-state index is 3.81. The lowest BCUT2D eigenvalue weighted by Crippen LogP contribution is -2.29. The van der Waals surface area contributed by atoms with Gasteiger partial charge >= 0.3 is 0 Å². The minimum Gasteiger partial charge on any atom is -0.314 e. The molecule has 0 amide bonds. The number of rotatable bonds is 12. The summed E-state index contributed by atoms with van der Waals surface area (Å²) in [5, 5.41) is 3.65. The van der Waals surface area contributed by atoms with Crippen LogP contribution < -0.4 is 5.32 Å². The number of nitrogens with one attached hydrogen (secondary N) is 1. The van der Waals surface area contributed by atoms with Crippen LogP contribution in [0.5, 0.6) is 0 Å². The van der Waals surface area contributed by atoms with Crippen molar-refractivity contribution >= 4 is 0 Å². The quantitative estimate of drug-likeness (QED) is 0.375. The highest BCUT2D eigenvalue weighted by Gasteiger charge is 2.05. The standard InChI is InChI=1S/C15H31N/c1-4-7-9-10-11-13-15(12-8-5-2)16-14-6-3/h5,15-16H,2,4,6-14H2,1,3H3. The molecule has 1 heteroatoms. The molecule has 0 aromatic heterocycles. The van der Waals surface area contributed by atoms with Crippen molar-refractivity contribution in [2.24, 2.45) is 0 Å². The fourth-order valence-corrected chi connectivity index (χ4v) is 2.01. The van der Waals surface area contributed by atoms with Gasteiger partial charge in [-0.2, -0.15) is 0 Å². The highest BCUT2D eigenvalue weighted by molar-refractivity contribution is 4.74. The van der Waals surface area contributed by atoms with Gasteiger partial charge in [0.25, 0.3) is 0 Å². The van der Waals surface area contributed by atoms with Gasteiger partial charge in [0.05, 0.1) is 0 Å². The molecular formula is C15H31N. The summed E-state index contributed by atoms with van der Waals surface area (Å²) in [7, 11) is 0. The molecule has 0 aliphatic carbocycles. The van der Waals surface area contributed by atoms with Crippen molar-refractivity contribution in [3.63, 3.8) is 0 Å². The molecule has 16 heavy (non-hydrogen) atoms. The highest BCUT2D eigenvalue weighted by Crippen LogP contribution is 2.10. The number of hydrogen-bond donors (Lipinski definition) is 1. The molecule has 0 aromatic rings. The zero-order valence-corrected chi connectivity index (χ0v) is 11.4. The third-order valence-corrected chi connectivity index (χ3v) is 3.06. The topological polar surface area (TPSA) is 12.0 Å². The van der Waals surface area contributed by atoms with Gasteiger partial charge in [0, 0.05) is 6.04 Å². The zero-order valence-electron chi connectivity index (χ0n) is 11.4. The number of unbranched alkanes of at least 4 members (excludes halogenated alkanes) is 4. The van der Waals surface area contributed by atoms with Crippen molar-refractivity contribution in [3.05, 3.63) is 12.7 Å². The first kappa shape index (κ1) is 15.7. The number of hydrogen-bond acceptors (Lipinski definition) is 1. The van der Waals surface area contributed by atoms with Crippen LogP contribution in [0, 0.1) is 0 Å². The minimum atomic E-state index is 0.722. The summed E-state index contributed by atoms with van der Waals surface area (Å²) in [4.78, 5) is 0. The first-order valence-electron chi connectivity index (χ1n) is 7.19. The molecule has 0 aliphatic heterocycles. The first-order chi connectivity index (χ1) is 7.85. The molecule has 0 aromatic carbocycles. The second-order valence-corrected chi connectivity index (χ2v) is 4.72. The zero-order chi connectivity index (χ0) is 12.1. The van der Waals surface area contributed by atoms with E-state index in [1.54, 1.807) is 0 Å². The van der Waals surface area contributed by atoms with Gasteiger partial charge in [-0.05, 0) is 32.2 Å². The third-order valence-electron chi connectivity index (χ3n) is 3.06. The van der Waals surface area contributed by atoms with Crippen molar-refractivity contribution in [2.75, 3.05) is 6.54 Å². The molecule has 0 saturated heterocycles. The summed E-state index contributed by atoms with van der Waals surface area (Å²) in [5.74, 6) is 0. The monoisotopic (exact) mass is 225 g/mol. The van der Waals surface area contributed by atoms with Gasteiger partial charge in [-0.3, -0.25) is 0 Å². The van der Waals surface area contributed by atoms with Gasteiger partial charge < -0.3 is 5.32 Å². The number of allylic oxidation sites excluding steroid dienone is 1. The van der Waals surface area contributed by atoms with Gasteiger partial charge in [-0.15, -0.1) is 6.58 Å². The van der Waals surface area contributed by atoms with E-state index in [4.69, 9.17) is 0 Å². The average molecular weight is 225 g/mol. The summed E-state index contributed by atoms with van der Waals surface area (Å²) in [6.07, 6.45) is 14.0. The van der Waals surface area contributed by atoms with Gasteiger partial charge in [0.15, 0.2) is 0 Å². The van der Waals surface area contributed by atoms with E-state index in [9.17, 15) is 0 Å². The minimum absolute atomic E-state index is 0.722. The smallest absolute Gasteiger partial charge is 0.00700 e. The Morgan fingerprint density at radius 2 is 1.75 bits per heavy atom. The summed E-state index contributed by atoms with van der Waals surface area (Å²) in [6.45, 7) is 9.48. The normalized spacial score (nSPS) is 12.6.